The summed E-state index contributed by atoms with van der Waals surface area (Å²) in [7, 11) is 0. The normalized spacial score (nSPS) is 29.6. The van der Waals surface area contributed by atoms with Crippen LogP contribution in [0.25, 0.3) is 0 Å². The summed E-state index contributed by atoms with van der Waals surface area (Å²) in [5.74, 6) is 0.522. The molecule has 0 heterocycles. The molecule has 0 aromatic heterocycles. The standard InChI is InChI=1S/C9H18N2O/c1-6-4-7(5-6)11-9(2,3)8(10)12/h6-7,11H,4-5H2,1-3H3,(H2,10,12). The van der Waals surface area contributed by atoms with E-state index in [1.54, 1.807) is 0 Å². The van der Waals surface area contributed by atoms with Gasteiger partial charge in [0.2, 0.25) is 5.91 Å². The maximum absolute atomic E-state index is 10.9. The van der Waals surface area contributed by atoms with E-state index in [4.69, 9.17) is 5.73 Å². The lowest BCUT2D eigenvalue weighted by Crippen LogP contribution is -2.57. The highest BCUT2D eigenvalue weighted by Gasteiger charge is 2.33. The third-order valence-corrected chi connectivity index (χ3v) is 2.55. The number of primary amides is 1. The number of hydrogen-bond acceptors (Lipinski definition) is 2. The van der Waals surface area contributed by atoms with Crippen LogP contribution < -0.4 is 11.1 Å². The van der Waals surface area contributed by atoms with Crippen LogP contribution in [0, 0.1) is 5.92 Å². The van der Waals surface area contributed by atoms with E-state index in [2.05, 4.69) is 12.2 Å². The summed E-state index contributed by atoms with van der Waals surface area (Å²) in [4.78, 5) is 10.9. The van der Waals surface area contributed by atoms with Crippen molar-refractivity contribution in [2.75, 3.05) is 0 Å². The van der Waals surface area contributed by atoms with Crippen LogP contribution in [-0.2, 0) is 4.79 Å². The summed E-state index contributed by atoms with van der Waals surface area (Å²) in [6.07, 6.45) is 2.33. The second-order valence-corrected chi connectivity index (χ2v) is 4.41. The first-order valence-electron chi connectivity index (χ1n) is 4.49. The van der Waals surface area contributed by atoms with Crippen LogP contribution in [0.1, 0.15) is 33.6 Å². The van der Waals surface area contributed by atoms with Gasteiger partial charge in [0.25, 0.3) is 0 Å². The molecule has 0 unspecified atom stereocenters. The fourth-order valence-corrected chi connectivity index (χ4v) is 1.60. The van der Waals surface area contributed by atoms with Crippen LogP contribution in [0.3, 0.4) is 0 Å². The molecular weight excluding hydrogens is 152 g/mol. The molecular formula is C9H18N2O. The molecule has 0 aromatic rings. The Balaban J connectivity index is 2.35. The van der Waals surface area contributed by atoms with Crippen molar-refractivity contribution >= 4 is 5.91 Å². The van der Waals surface area contributed by atoms with Gasteiger partial charge in [-0.3, -0.25) is 4.79 Å². The molecule has 1 aliphatic carbocycles. The monoisotopic (exact) mass is 170 g/mol. The van der Waals surface area contributed by atoms with Crippen LogP contribution in [0.15, 0.2) is 0 Å². The molecule has 0 bridgehead atoms. The van der Waals surface area contributed by atoms with E-state index >= 15 is 0 Å². The van der Waals surface area contributed by atoms with E-state index < -0.39 is 5.54 Å². The molecule has 1 aliphatic rings. The van der Waals surface area contributed by atoms with Crippen molar-refractivity contribution in [3.05, 3.63) is 0 Å². The van der Waals surface area contributed by atoms with Crippen molar-refractivity contribution in [2.24, 2.45) is 11.7 Å². The highest BCUT2D eigenvalue weighted by atomic mass is 16.1. The number of carbonyl (C=O) groups is 1. The molecule has 0 spiro atoms. The molecule has 3 N–H and O–H groups in total. The van der Waals surface area contributed by atoms with Crippen LogP contribution in [0.2, 0.25) is 0 Å². The second kappa shape index (κ2) is 3.05. The average Bonchev–Trinajstić information content (AvgIpc) is 1.83. The fourth-order valence-electron chi connectivity index (χ4n) is 1.60. The van der Waals surface area contributed by atoms with Crippen molar-refractivity contribution < 1.29 is 4.79 Å². The minimum Gasteiger partial charge on any atom is -0.368 e. The summed E-state index contributed by atoms with van der Waals surface area (Å²) >= 11 is 0. The Labute approximate surface area is 73.7 Å². The zero-order valence-electron chi connectivity index (χ0n) is 8.05. The molecule has 1 saturated carbocycles. The van der Waals surface area contributed by atoms with E-state index in [9.17, 15) is 4.79 Å². The average molecular weight is 170 g/mol. The maximum atomic E-state index is 10.9. The minimum atomic E-state index is -0.551. The first-order chi connectivity index (χ1) is 5.42. The molecule has 3 heteroatoms. The van der Waals surface area contributed by atoms with Gasteiger partial charge in [0.1, 0.15) is 0 Å². The molecule has 0 aliphatic heterocycles. The summed E-state index contributed by atoms with van der Waals surface area (Å²) in [6, 6.07) is 0.488. The van der Waals surface area contributed by atoms with E-state index in [-0.39, 0.29) is 5.91 Å². The highest BCUT2D eigenvalue weighted by molar-refractivity contribution is 5.83. The van der Waals surface area contributed by atoms with Gasteiger partial charge < -0.3 is 11.1 Å². The zero-order valence-corrected chi connectivity index (χ0v) is 8.05. The lowest BCUT2D eigenvalue weighted by Gasteiger charge is -2.38. The smallest absolute Gasteiger partial charge is 0.237 e. The van der Waals surface area contributed by atoms with Gasteiger partial charge in [0, 0.05) is 6.04 Å². The van der Waals surface area contributed by atoms with Crippen molar-refractivity contribution in [3.8, 4) is 0 Å². The fraction of sp³-hybridized carbons (Fsp3) is 0.889. The zero-order chi connectivity index (χ0) is 9.35. The lowest BCUT2D eigenvalue weighted by atomic mass is 9.80. The van der Waals surface area contributed by atoms with Crippen molar-refractivity contribution in [3.63, 3.8) is 0 Å². The SMILES string of the molecule is CC1CC(NC(C)(C)C(N)=O)C1. The number of nitrogens with one attached hydrogen (secondary N) is 1. The van der Waals surface area contributed by atoms with Crippen molar-refractivity contribution in [2.45, 2.75) is 45.2 Å². The van der Waals surface area contributed by atoms with Gasteiger partial charge in [-0.1, -0.05) is 6.92 Å². The Hall–Kier alpha value is -0.570. The first-order valence-corrected chi connectivity index (χ1v) is 4.49. The maximum Gasteiger partial charge on any atom is 0.237 e. The highest BCUT2D eigenvalue weighted by Crippen LogP contribution is 2.27. The molecule has 0 radical (unpaired) electrons. The number of hydrogen-bond donors (Lipinski definition) is 2. The largest absolute Gasteiger partial charge is 0.368 e. The molecule has 1 fully saturated rings. The molecule has 3 nitrogen and oxygen atoms in total. The molecule has 1 amide bonds. The third-order valence-electron chi connectivity index (χ3n) is 2.55. The van der Waals surface area contributed by atoms with E-state index in [0.29, 0.717) is 6.04 Å². The summed E-state index contributed by atoms with van der Waals surface area (Å²) in [5, 5.41) is 3.25. The number of carbonyl (C=O) groups excluding carboxylic acids is 1. The summed E-state index contributed by atoms with van der Waals surface area (Å²) in [6.45, 7) is 5.88. The molecule has 1 rings (SSSR count). The van der Waals surface area contributed by atoms with Gasteiger partial charge in [-0.05, 0) is 32.6 Å². The quantitative estimate of drug-likeness (QED) is 0.653. The first kappa shape index (κ1) is 9.52. The molecule has 12 heavy (non-hydrogen) atoms. The van der Waals surface area contributed by atoms with Crippen LogP contribution in [0.4, 0.5) is 0 Å². The Morgan fingerprint density at radius 3 is 2.33 bits per heavy atom. The Kier molecular flexibility index (Phi) is 2.42. The van der Waals surface area contributed by atoms with Gasteiger partial charge in [0.15, 0.2) is 0 Å². The lowest BCUT2D eigenvalue weighted by molar-refractivity contribution is -0.123. The number of nitrogens with two attached hydrogens (primary N) is 1. The summed E-state index contributed by atoms with van der Waals surface area (Å²) < 4.78 is 0. The van der Waals surface area contributed by atoms with Crippen LogP contribution in [0.5, 0.6) is 0 Å². The van der Waals surface area contributed by atoms with Gasteiger partial charge >= 0.3 is 0 Å². The predicted molar refractivity (Wildman–Crippen MR) is 48.6 cm³/mol. The van der Waals surface area contributed by atoms with Gasteiger partial charge in [-0.15, -0.1) is 0 Å². The topological polar surface area (TPSA) is 55.1 Å². The summed E-state index contributed by atoms with van der Waals surface area (Å²) in [5.41, 5.74) is 4.68. The van der Waals surface area contributed by atoms with Crippen molar-refractivity contribution in [1.29, 1.82) is 0 Å². The predicted octanol–water partition coefficient (Wildman–Crippen LogP) is 0.638. The second-order valence-electron chi connectivity index (χ2n) is 4.41. The Morgan fingerprint density at radius 2 is 2.00 bits per heavy atom. The third kappa shape index (κ3) is 1.97. The van der Waals surface area contributed by atoms with Crippen molar-refractivity contribution in [1.82, 2.24) is 5.32 Å². The number of amides is 1. The van der Waals surface area contributed by atoms with E-state index in [1.807, 2.05) is 13.8 Å². The molecule has 70 valence electrons. The van der Waals surface area contributed by atoms with Crippen LogP contribution >= 0.6 is 0 Å². The van der Waals surface area contributed by atoms with Gasteiger partial charge in [-0.25, -0.2) is 0 Å². The molecule has 0 aromatic carbocycles. The van der Waals surface area contributed by atoms with E-state index in [1.165, 1.54) is 0 Å². The van der Waals surface area contributed by atoms with Crippen LogP contribution in [-0.4, -0.2) is 17.5 Å². The van der Waals surface area contributed by atoms with E-state index in [0.717, 1.165) is 18.8 Å². The Bertz CT molecular complexity index is 183. The molecule has 0 atom stereocenters. The minimum absolute atomic E-state index is 0.276. The van der Waals surface area contributed by atoms with Gasteiger partial charge in [0.05, 0.1) is 5.54 Å². The Morgan fingerprint density at radius 1 is 1.50 bits per heavy atom. The molecule has 0 saturated heterocycles. The number of rotatable bonds is 3. The van der Waals surface area contributed by atoms with Gasteiger partial charge in [-0.2, -0.15) is 0 Å².